The maximum Gasteiger partial charge on any atom is 0.371 e. The maximum absolute atomic E-state index is 12.0. The molecule has 19 heavy (non-hydrogen) atoms. The van der Waals surface area contributed by atoms with Crippen LogP contribution in [0.4, 0.5) is 0 Å². The molecular formula is C10H11N3O5S. The van der Waals surface area contributed by atoms with E-state index < -0.39 is 21.8 Å². The fraction of sp³-hybridized carbons (Fsp3) is 0.200. The Balaban J connectivity index is 2.22. The summed E-state index contributed by atoms with van der Waals surface area (Å²) in [6.07, 6.45) is 2.91. The number of sulfonamides is 1. The third kappa shape index (κ3) is 2.83. The minimum Gasteiger partial charge on any atom is -0.475 e. The number of aromatic carboxylic acids is 1. The highest BCUT2D eigenvalue weighted by atomic mass is 32.2. The first kappa shape index (κ1) is 13.3. The molecule has 0 amide bonds. The highest BCUT2D eigenvalue weighted by Gasteiger charge is 2.23. The van der Waals surface area contributed by atoms with Gasteiger partial charge in [0, 0.05) is 18.0 Å². The minimum atomic E-state index is -3.83. The molecule has 2 aromatic heterocycles. The number of aromatic amines is 1. The van der Waals surface area contributed by atoms with Gasteiger partial charge in [-0.1, -0.05) is 0 Å². The molecule has 0 saturated heterocycles. The number of aryl methyl sites for hydroxylation is 1. The molecule has 2 heterocycles. The van der Waals surface area contributed by atoms with Crippen molar-refractivity contribution in [3.05, 3.63) is 35.8 Å². The molecule has 0 fully saturated rings. The Morgan fingerprint density at radius 3 is 2.84 bits per heavy atom. The molecule has 9 heteroatoms. The zero-order valence-electron chi connectivity index (χ0n) is 9.87. The van der Waals surface area contributed by atoms with Crippen molar-refractivity contribution in [2.75, 3.05) is 0 Å². The van der Waals surface area contributed by atoms with Crippen LogP contribution in [0.2, 0.25) is 0 Å². The molecule has 0 aromatic carbocycles. The van der Waals surface area contributed by atoms with Crippen LogP contribution in [0, 0.1) is 6.92 Å². The minimum absolute atomic E-state index is 0.0227. The van der Waals surface area contributed by atoms with Crippen molar-refractivity contribution in [3.63, 3.8) is 0 Å². The lowest BCUT2D eigenvalue weighted by molar-refractivity contribution is 0.0661. The van der Waals surface area contributed by atoms with E-state index in [1.54, 1.807) is 0 Å². The molecule has 0 radical (unpaired) electrons. The van der Waals surface area contributed by atoms with Crippen LogP contribution in [0.15, 0.2) is 27.9 Å². The van der Waals surface area contributed by atoms with Gasteiger partial charge in [-0.2, -0.15) is 0 Å². The second-order valence-electron chi connectivity index (χ2n) is 3.74. The number of rotatable bonds is 5. The zero-order valence-corrected chi connectivity index (χ0v) is 10.7. The Morgan fingerprint density at radius 1 is 1.58 bits per heavy atom. The monoisotopic (exact) mass is 285 g/mol. The van der Waals surface area contributed by atoms with E-state index in [9.17, 15) is 13.2 Å². The standard InChI is InChI=1S/C10H11N3O5S/c1-6-9(2-8(18-6)10(14)15)19(16,17)13-4-7-3-11-5-12-7/h2-3,5,13H,4H2,1H3,(H,11,12)(H,14,15). The van der Waals surface area contributed by atoms with Crippen LogP contribution in [-0.2, 0) is 16.6 Å². The summed E-state index contributed by atoms with van der Waals surface area (Å²) in [6.45, 7) is 1.41. The summed E-state index contributed by atoms with van der Waals surface area (Å²) < 4.78 is 31.2. The highest BCUT2D eigenvalue weighted by molar-refractivity contribution is 7.89. The summed E-state index contributed by atoms with van der Waals surface area (Å²) >= 11 is 0. The van der Waals surface area contributed by atoms with Crippen molar-refractivity contribution >= 4 is 16.0 Å². The van der Waals surface area contributed by atoms with E-state index in [2.05, 4.69) is 14.7 Å². The number of imidazole rings is 1. The van der Waals surface area contributed by atoms with Crippen LogP contribution >= 0.6 is 0 Å². The van der Waals surface area contributed by atoms with Crippen LogP contribution in [0.5, 0.6) is 0 Å². The maximum atomic E-state index is 12.0. The first-order valence-electron chi connectivity index (χ1n) is 5.21. The number of aromatic nitrogens is 2. The number of nitrogens with one attached hydrogen (secondary N) is 2. The van der Waals surface area contributed by atoms with E-state index in [1.807, 2.05) is 0 Å². The lowest BCUT2D eigenvalue weighted by Gasteiger charge is -2.03. The van der Waals surface area contributed by atoms with Crippen molar-refractivity contribution < 1.29 is 22.7 Å². The van der Waals surface area contributed by atoms with Crippen molar-refractivity contribution in [1.29, 1.82) is 0 Å². The average Bonchev–Trinajstić information content (AvgIpc) is 2.95. The number of carbonyl (C=O) groups is 1. The number of H-pyrrole nitrogens is 1. The van der Waals surface area contributed by atoms with E-state index in [0.29, 0.717) is 5.69 Å². The normalized spacial score (nSPS) is 11.6. The fourth-order valence-electron chi connectivity index (χ4n) is 1.47. The largest absolute Gasteiger partial charge is 0.475 e. The van der Waals surface area contributed by atoms with E-state index in [1.165, 1.54) is 19.4 Å². The number of hydrogen-bond donors (Lipinski definition) is 3. The van der Waals surface area contributed by atoms with Crippen molar-refractivity contribution in [1.82, 2.24) is 14.7 Å². The molecule has 0 aliphatic carbocycles. The second kappa shape index (κ2) is 4.86. The molecule has 0 spiro atoms. The SMILES string of the molecule is Cc1oc(C(=O)O)cc1S(=O)(=O)NCc1cnc[nH]1. The number of nitrogens with zero attached hydrogens (tertiary/aromatic N) is 1. The second-order valence-corrected chi connectivity index (χ2v) is 5.47. The fourth-order valence-corrected chi connectivity index (χ4v) is 2.65. The zero-order chi connectivity index (χ0) is 14.0. The molecular weight excluding hydrogens is 274 g/mol. The van der Waals surface area contributed by atoms with Crippen LogP contribution in [0.25, 0.3) is 0 Å². The van der Waals surface area contributed by atoms with Crippen LogP contribution in [0.1, 0.15) is 22.0 Å². The summed E-state index contributed by atoms with van der Waals surface area (Å²) in [5.41, 5.74) is 0.586. The van der Waals surface area contributed by atoms with Gasteiger partial charge in [0.2, 0.25) is 15.8 Å². The summed E-state index contributed by atoms with van der Waals surface area (Å²) in [7, 11) is -3.83. The molecule has 0 atom stereocenters. The van der Waals surface area contributed by atoms with E-state index in [4.69, 9.17) is 9.52 Å². The molecule has 0 unspecified atom stereocenters. The van der Waals surface area contributed by atoms with E-state index >= 15 is 0 Å². The summed E-state index contributed by atoms with van der Waals surface area (Å²) in [6, 6.07) is 0.979. The smallest absolute Gasteiger partial charge is 0.371 e. The molecule has 102 valence electrons. The predicted molar refractivity (Wildman–Crippen MR) is 63.0 cm³/mol. The van der Waals surface area contributed by atoms with Gasteiger partial charge in [-0.15, -0.1) is 0 Å². The summed E-state index contributed by atoms with van der Waals surface area (Å²) in [5, 5.41) is 8.75. The van der Waals surface area contributed by atoms with Gasteiger partial charge in [0.1, 0.15) is 10.7 Å². The topological polar surface area (TPSA) is 125 Å². The molecule has 0 bridgehead atoms. The van der Waals surface area contributed by atoms with Crippen molar-refractivity contribution in [2.24, 2.45) is 0 Å². The lowest BCUT2D eigenvalue weighted by atomic mass is 10.4. The van der Waals surface area contributed by atoms with Gasteiger partial charge in [-0.3, -0.25) is 0 Å². The molecule has 0 aliphatic heterocycles. The van der Waals surface area contributed by atoms with E-state index in [-0.39, 0.29) is 17.2 Å². The molecule has 2 aromatic rings. The lowest BCUT2D eigenvalue weighted by Crippen LogP contribution is -2.23. The number of carboxylic acid groups (broad SMARTS) is 1. The third-order valence-corrected chi connectivity index (χ3v) is 3.89. The molecule has 2 rings (SSSR count). The number of furan rings is 1. The first-order valence-corrected chi connectivity index (χ1v) is 6.69. The quantitative estimate of drug-likeness (QED) is 0.734. The van der Waals surface area contributed by atoms with Gasteiger partial charge in [0.05, 0.1) is 12.9 Å². The summed E-state index contributed by atoms with van der Waals surface area (Å²) in [4.78, 5) is 17.0. The number of carboxylic acids is 1. The Hall–Kier alpha value is -2.13. The van der Waals surface area contributed by atoms with Gasteiger partial charge >= 0.3 is 5.97 Å². The van der Waals surface area contributed by atoms with Gasteiger partial charge in [0.15, 0.2) is 0 Å². The van der Waals surface area contributed by atoms with Gasteiger partial charge in [-0.05, 0) is 6.92 Å². The van der Waals surface area contributed by atoms with E-state index in [0.717, 1.165) is 6.07 Å². The van der Waals surface area contributed by atoms with Gasteiger partial charge in [0.25, 0.3) is 0 Å². The first-order chi connectivity index (χ1) is 8.90. The van der Waals surface area contributed by atoms with Crippen LogP contribution in [-0.4, -0.2) is 29.5 Å². The summed E-state index contributed by atoms with van der Waals surface area (Å²) in [5.74, 6) is -1.72. The molecule has 8 nitrogen and oxygen atoms in total. The third-order valence-electron chi connectivity index (χ3n) is 2.38. The number of hydrogen-bond acceptors (Lipinski definition) is 5. The Bertz CT molecular complexity index is 687. The Morgan fingerprint density at radius 2 is 2.32 bits per heavy atom. The molecule has 0 aliphatic rings. The average molecular weight is 285 g/mol. The molecule has 0 saturated carbocycles. The predicted octanol–water partition coefficient (Wildman–Crippen LogP) is 0.488. The van der Waals surface area contributed by atoms with Crippen molar-refractivity contribution in [2.45, 2.75) is 18.4 Å². The van der Waals surface area contributed by atoms with Gasteiger partial charge < -0.3 is 14.5 Å². The van der Waals surface area contributed by atoms with Crippen LogP contribution in [0.3, 0.4) is 0 Å². The Kier molecular flexibility index (Phi) is 3.40. The van der Waals surface area contributed by atoms with Gasteiger partial charge in [-0.25, -0.2) is 22.9 Å². The highest BCUT2D eigenvalue weighted by Crippen LogP contribution is 2.20. The van der Waals surface area contributed by atoms with Crippen LogP contribution < -0.4 is 4.72 Å². The Labute approximate surface area is 108 Å². The molecule has 3 N–H and O–H groups in total. The van der Waals surface area contributed by atoms with Crippen molar-refractivity contribution in [3.8, 4) is 0 Å².